The third-order valence-electron chi connectivity index (χ3n) is 3.86. The Balaban J connectivity index is 1.94. The van der Waals surface area contributed by atoms with Gasteiger partial charge in [0.1, 0.15) is 16.5 Å². The zero-order valence-corrected chi connectivity index (χ0v) is 13.0. The van der Waals surface area contributed by atoms with E-state index in [9.17, 15) is 14.0 Å². The van der Waals surface area contributed by atoms with E-state index in [0.29, 0.717) is 5.56 Å². The first-order valence-corrected chi connectivity index (χ1v) is 7.30. The normalized spacial score (nSPS) is 20.7. The second kappa shape index (κ2) is 5.62. The number of pyridine rings is 1. The SMILES string of the molecule is C[C@]1(c2cccnc2Cl)NC(=O)N(Cc2ccccc2F)C1=O. The van der Waals surface area contributed by atoms with Crippen LogP contribution >= 0.6 is 11.6 Å². The molecular formula is C16H13ClFN3O2. The Bertz CT molecular complexity index is 798. The standard InChI is InChI=1S/C16H13ClFN3O2/c1-16(11-6-4-8-19-13(11)17)14(22)21(15(23)20-16)9-10-5-2-3-7-12(10)18/h2-8H,9H2,1H3,(H,20,23)/t16-/m1/s1. The van der Waals surface area contributed by atoms with Gasteiger partial charge in [0.15, 0.2) is 0 Å². The molecule has 7 heteroatoms. The fourth-order valence-corrected chi connectivity index (χ4v) is 2.89. The van der Waals surface area contributed by atoms with Crippen LogP contribution < -0.4 is 5.32 Å². The van der Waals surface area contributed by atoms with E-state index in [4.69, 9.17) is 11.6 Å². The summed E-state index contributed by atoms with van der Waals surface area (Å²) < 4.78 is 13.8. The van der Waals surface area contributed by atoms with Crippen molar-refractivity contribution in [1.82, 2.24) is 15.2 Å². The molecular weight excluding hydrogens is 321 g/mol. The molecule has 0 unspecified atom stereocenters. The molecule has 1 N–H and O–H groups in total. The van der Waals surface area contributed by atoms with Gasteiger partial charge in [-0.1, -0.05) is 35.9 Å². The number of amides is 3. The number of hydrogen-bond donors (Lipinski definition) is 1. The van der Waals surface area contributed by atoms with E-state index in [2.05, 4.69) is 10.3 Å². The molecule has 0 aliphatic carbocycles. The number of halogens is 2. The zero-order valence-electron chi connectivity index (χ0n) is 12.2. The van der Waals surface area contributed by atoms with Crippen molar-refractivity contribution in [3.63, 3.8) is 0 Å². The molecule has 0 bridgehead atoms. The average molecular weight is 334 g/mol. The number of urea groups is 1. The van der Waals surface area contributed by atoms with Crippen molar-refractivity contribution < 1.29 is 14.0 Å². The second-order valence-corrected chi connectivity index (χ2v) is 5.74. The zero-order chi connectivity index (χ0) is 16.6. The van der Waals surface area contributed by atoms with Crippen LogP contribution in [0.25, 0.3) is 0 Å². The lowest BCUT2D eigenvalue weighted by Crippen LogP contribution is -2.41. The quantitative estimate of drug-likeness (QED) is 0.694. The highest BCUT2D eigenvalue weighted by Crippen LogP contribution is 2.33. The van der Waals surface area contributed by atoms with Crippen molar-refractivity contribution >= 4 is 23.5 Å². The molecule has 1 aliphatic rings. The Morgan fingerprint density at radius 1 is 1.26 bits per heavy atom. The van der Waals surface area contributed by atoms with Crippen LogP contribution in [0.2, 0.25) is 5.15 Å². The highest BCUT2D eigenvalue weighted by Gasteiger charge is 2.50. The topological polar surface area (TPSA) is 62.3 Å². The van der Waals surface area contributed by atoms with E-state index in [0.717, 1.165) is 4.90 Å². The fourth-order valence-electron chi connectivity index (χ4n) is 2.58. The highest BCUT2D eigenvalue weighted by atomic mass is 35.5. The first-order valence-electron chi connectivity index (χ1n) is 6.92. The first-order chi connectivity index (χ1) is 10.9. The van der Waals surface area contributed by atoms with Crippen molar-refractivity contribution in [3.05, 3.63) is 64.7 Å². The van der Waals surface area contributed by atoms with E-state index in [1.807, 2.05) is 0 Å². The van der Waals surface area contributed by atoms with E-state index < -0.39 is 23.3 Å². The van der Waals surface area contributed by atoms with Crippen LogP contribution in [0.5, 0.6) is 0 Å². The van der Waals surface area contributed by atoms with Crippen molar-refractivity contribution in [3.8, 4) is 0 Å². The van der Waals surface area contributed by atoms with Gasteiger partial charge in [-0.15, -0.1) is 0 Å². The predicted octanol–water partition coefficient (Wildman–Crippen LogP) is 2.84. The maximum Gasteiger partial charge on any atom is 0.325 e. The summed E-state index contributed by atoms with van der Waals surface area (Å²) >= 11 is 6.05. The van der Waals surface area contributed by atoms with Gasteiger partial charge in [-0.2, -0.15) is 0 Å². The Kier molecular flexibility index (Phi) is 3.77. The van der Waals surface area contributed by atoms with Gasteiger partial charge < -0.3 is 5.32 Å². The van der Waals surface area contributed by atoms with Crippen LogP contribution in [0.4, 0.5) is 9.18 Å². The Morgan fingerprint density at radius 3 is 2.70 bits per heavy atom. The van der Waals surface area contributed by atoms with Crippen LogP contribution in [0.1, 0.15) is 18.1 Å². The molecule has 0 saturated carbocycles. The maximum absolute atomic E-state index is 13.8. The van der Waals surface area contributed by atoms with Crippen molar-refractivity contribution in [2.24, 2.45) is 0 Å². The number of carbonyl (C=O) groups excluding carboxylic acids is 2. The minimum Gasteiger partial charge on any atom is -0.319 e. The minimum absolute atomic E-state index is 0.136. The van der Waals surface area contributed by atoms with E-state index in [1.54, 1.807) is 31.2 Å². The van der Waals surface area contributed by atoms with Crippen molar-refractivity contribution in [2.75, 3.05) is 0 Å². The molecule has 5 nitrogen and oxygen atoms in total. The third kappa shape index (κ3) is 2.55. The highest BCUT2D eigenvalue weighted by molar-refractivity contribution is 6.30. The first kappa shape index (κ1) is 15.4. The van der Waals surface area contributed by atoms with Crippen LogP contribution in [0.15, 0.2) is 42.6 Å². The molecule has 0 radical (unpaired) electrons. The number of nitrogens with zero attached hydrogens (tertiary/aromatic N) is 2. The molecule has 1 fully saturated rings. The van der Waals surface area contributed by atoms with Crippen molar-refractivity contribution in [1.29, 1.82) is 0 Å². The maximum atomic E-state index is 13.8. The number of hydrogen-bond acceptors (Lipinski definition) is 3. The smallest absolute Gasteiger partial charge is 0.319 e. The molecule has 118 valence electrons. The molecule has 1 aliphatic heterocycles. The van der Waals surface area contributed by atoms with Gasteiger partial charge in [0, 0.05) is 17.3 Å². The summed E-state index contributed by atoms with van der Waals surface area (Å²) in [7, 11) is 0. The Morgan fingerprint density at radius 2 is 2.00 bits per heavy atom. The summed E-state index contributed by atoms with van der Waals surface area (Å²) in [5.41, 5.74) is -0.665. The fraction of sp³-hybridized carbons (Fsp3) is 0.188. The third-order valence-corrected chi connectivity index (χ3v) is 4.16. The van der Waals surface area contributed by atoms with Crippen LogP contribution in [0, 0.1) is 5.82 Å². The second-order valence-electron chi connectivity index (χ2n) is 5.38. The summed E-state index contributed by atoms with van der Waals surface area (Å²) in [6.45, 7) is 1.41. The number of rotatable bonds is 3. The number of imide groups is 1. The molecule has 23 heavy (non-hydrogen) atoms. The van der Waals surface area contributed by atoms with Crippen LogP contribution in [-0.2, 0) is 16.9 Å². The monoisotopic (exact) mass is 333 g/mol. The van der Waals surface area contributed by atoms with E-state index >= 15 is 0 Å². The van der Waals surface area contributed by atoms with Gasteiger partial charge in [-0.25, -0.2) is 14.2 Å². The van der Waals surface area contributed by atoms with Crippen LogP contribution in [-0.4, -0.2) is 21.8 Å². The summed E-state index contributed by atoms with van der Waals surface area (Å²) in [4.78, 5) is 29.9. The molecule has 1 aromatic heterocycles. The molecule has 0 spiro atoms. The van der Waals surface area contributed by atoms with Gasteiger partial charge in [0.05, 0.1) is 6.54 Å². The molecule has 1 aromatic carbocycles. The lowest BCUT2D eigenvalue weighted by Gasteiger charge is -2.22. The molecule has 1 atom stereocenters. The van der Waals surface area contributed by atoms with Gasteiger partial charge in [-0.05, 0) is 19.1 Å². The molecule has 1 saturated heterocycles. The van der Waals surface area contributed by atoms with Gasteiger partial charge in [0.2, 0.25) is 0 Å². The van der Waals surface area contributed by atoms with Crippen molar-refractivity contribution in [2.45, 2.75) is 19.0 Å². The largest absolute Gasteiger partial charge is 0.325 e. The summed E-state index contributed by atoms with van der Waals surface area (Å²) in [6, 6.07) is 8.66. The van der Waals surface area contributed by atoms with E-state index in [-0.39, 0.29) is 17.3 Å². The van der Waals surface area contributed by atoms with Gasteiger partial charge in [-0.3, -0.25) is 9.69 Å². The average Bonchev–Trinajstić information content (AvgIpc) is 2.74. The summed E-state index contributed by atoms with van der Waals surface area (Å²) in [6.07, 6.45) is 1.49. The lowest BCUT2D eigenvalue weighted by molar-refractivity contribution is -0.131. The molecule has 2 aromatic rings. The molecule has 3 rings (SSSR count). The van der Waals surface area contributed by atoms with E-state index in [1.165, 1.54) is 18.3 Å². The Labute approximate surface area is 137 Å². The number of nitrogens with one attached hydrogen (secondary N) is 1. The van der Waals surface area contributed by atoms with Gasteiger partial charge in [0.25, 0.3) is 5.91 Å². The molecule has 2 heterocycles. The summed E-state index contributed by atoms with van der Waals surface area (Å²) in [5.74, 6) is -0.971. The van der Waals surface area contributed by atoms with Gasteiger partial charge >= 0.3 is 6.03 Å². The summed E-state index contributed by atoms with van der Waals surface area (Å²) in [5, 5.41) is 2.75. The lowest BCUT2D eigenvalue weighted by atomic mass is 9.93. The number of benzene rings is 1. The Hall–Kier alpha value is -2.47. The predicted molar refractivity (Wildman–Crippen MR) is 82.1 cm³/mol. The van der Waals surface area contributed by atoms with Crippen LogP contribution in [0.3, 0.4) is 0 Å². The number of aromatic nitrogens is 1. The molecule has 3 amide bonds. The minimum atomic E-state index is -1.33. The number of carbonyl (C=O) groups is 2.